The summed E-state index contributed by atoms with van der Waals surface area (Å²) in [5.74, 6) is 0. The molecule has 2 aromatic carbocycles. The van der Waals surface area contributed by atoms with Crippen LogP contribution in [0.2, 0.25) is 10.0 Å². The molecule has 0 aliphatic heterocycles. The van der Waals surface area contributed by atoms with Gasteiger partial charge in [-0.25, -0.2) is 0 Å². The molecule has 0 spiro atoms. The average molecular weight is 317 g/mol. The van der Waals surface area contributed by atoms with Gasteiger partial charge in [0.05, 0.1) is 21.6 Å². The molecule has 4 heteroatoms. The van der Waals surface area contributed by atoms with E-state index in [2.05, 4.69) is 17.1 Å². The van der Waals surface area contributed by atoms with Gasteiger partial charge >= 0.3 is 0 Å². The fourth-order valence-corrected chi connectivity index (χ4v) is 2.64. The van der Waals surface area contributed by atoms with Gasteiger partial charge in [0, 0.05) is 11.1 Å². The first-order valence-electron chi connectivity index (χ1n) is 6.62. The second kappa shape index (κ2) is 5.64. The third-order valence-electron chi connectivity index (χ3n) is 3.51. The molecule has 0 aliphatic rings. The minimum Gasteiger partial charge on any atom is -0.320 e. The number of aromatic nitrogens is 1. The van der Waals surface area contributed by atoms with Crippen molar-refractivity contribution in [3.05, 3.63) is 75.4 Å². The maximum atomic E-state index is 6.33. The lowest BCUT2D eigenvalue weighted by molar-refractivity contribution is 0.873. The Morgan fingerprint density at radius 1 is 0.905 bits per heavy atom. The fourth-order valence-electron chi connectivity index (χ4n) is 2.34. The predicted octanol–water partition coefficient (Wildman–Crippen LogP) is 4.90. The highest BCUT2D eigenvalue weighted by molar-refractivity contribution is 6.42. The third-order valence-corrected chi connectivity index (χ3v) is 4.25. The van der Waals surface area contributed by atoms with Crippen LogP contribution in [0.5, 0.6) is 0 Å². The van der Waals surface area contributed by atoms with Crippen molar-refractivity contribution in [1.29, 1.82) is 0 Å². The summed E-state index contributed by atoms with van der Waals surface area (Å²) in [6.07, 6.45) is 0. The van der Waals surface area contributed by atoms with Crippen molar-refractivity contribution in [3.63, 3.8) is 0 Å². The van der Waals surface area contributed by atoms with Gasteiger partial charge in [0.25, 0.3) is 0 Å². The Balaban J connectivity index is 2.02. The molecule has 1 aromatic heterocycles. The molecule has 0 radical (unpaired) electrons. The molecule has 21 heavy (non-hydrogen) atoms. The Kier molecular flexibility index (Phi) is 3.85. The number of nitrogens with two attached hydrogens (primary N) is 1. The van der Waals surface area contributed by atoms with E-state index in [4.69, 9.17) is 28.9 Å². The number of fused-ring (bicyclic) bond motifs is 1. The number of rotatable bonds is 2. The highest BCUT2D eigenvalue weighted by Crippen LogP contribution is 2.28. The number of hydrogen-bond donors (Lipinski definition) is 1. The second-order valence-corrected chi connectivity index (χ2v) is 5.87. The minimum atomic E-state index is -0.245. The van der Waals surface area contributed by atoms with Crippen LogP contribution >= 0.6 is 23.2 Å². The molecule has 1 atom stereocenters. The summed E-state index contributed by atoms with van der Waals surface area (Å²) in [6, 6.07) is 15.4. The summed E-state index contributed by atoms with van der Waals surface area (Å²) in [5.41, 5.74) is 10.3. The predicted molar refractivity (Wildman–Crippen MR) is 89.0 cm³/mol. The normalized spacial score (nSPS) is 12.6. The van der Waals surface area contributed by atoms with E-state index in [0.717, 1.165) is 27.7 Å². The lowest BCUT2D eigenvalue weighted by atomic mass is 9.98. The first-order valence-corrected chi connectivity index (χ1v) is 7.38. The molecule has 0 saturated carbocycles. The van der Waals surface area contributed by atoms with Crippen molar-refractivity contribution in [2.45, 2.75) is 13.0 Å². The van der Waals surface area contributed by atoms with Crippen molar-refractivity contribution < 1.29 is 0 Å². The van der Waals surface area contributed by atoms with Crippen LogP contribution in [0.25, 0.3) is 10.9 Å². The molecular weight excluding hydrogens is 303 g/mol. The zero-order valence-electron chi connectivity index (χ0n) is 11.5. The first kappa shape index (κ1) is 14.3. The van der Waals surface area contributed by atoms with Crippen molar-refractivity contribution in [1.82, 2.24) is 4.98 Å². The van der Waals surface area contributed by atoms with Crippen LogP contribution in [-0.2, 0) is 0 Å². The number of hydrogen-bond acceptors (Lipinski definition) is 2. The largest absolute Gasteiger partial charge is 0.320 e. The third kappa shape index (κ3) is 2.88. The van der Waals surface area contributed by atoms with Crippen LogP contribution in [0.1, 0.15) is 22.9 Å². The van der Waals surface area contributed by atoms with Crippen LogP contribution < -0.4 is 5.73 Å². The van der Waals surface area contributed by atoms with Crippen LogP contribution in [0, 0.1) is 6.92 Å². The van der Waals surface area contributed by atoms with E-state index in [1.165, 1.54) is 0 Å². The molecule has 3 aromatic rings. The minimum absolute atomic E-state index is 0.245. The van der Waals surface area contributed by atoms with E-state index < -0.39 is 0 Å². The Hall–Kier alpha value is -1.61. The molecule has 1 heterocycles. The number of halogens is 2. The average Bonchev–Trinajstić information content (AvgIpc) is 2.49. The van der Waals surface area contributed by atoms with Gasteiger partial charge in [0.2, 0.25) is 0 Å². The summed E-state index contributed by atoms with van der Waals surface area (Å²) < 4.78 is 0. The van der Waals surface area contributed by atoms with Crippen LogP contribution in [-0.4, -0.2) is 4.98 Å². The molecule has 0 fully saturated rings. The standard InChI is InChI=1S/C17H14Cl2N2/c1-10-2-3-11-8-12(5-7-16(11)21-10)17(20)13-4-6-14(18)15(19)9-13/h2-9,17H,20H2,1H3. The number of pyridine rings is 1. The summed E-state index contributed by atoms with van der Waals surface area (Å²) in [5, 5.41) is 2.13. The molecule has 2 N–H and O–H groups in total. The zero-order chi connectivity index (χ0) is 15.0. The van der Waals surface area contributed by atoms with Gasteiger partial charge in [0.15, 0.2) is 0 Å². The van der Waals surface area contributed by atoms with Gasteiger partial charge in [-0.1, -0.05) is 41.4 Å². The van der Waals surface area contributed by atoms with Gasteiger partial charge in [0.1, 0.15) is 0 Å². The molecule has 2 nitrogen and oxygen atoms in total. The van der Waals surface area contributed by atoms with Gasteiger partial charge in [-0.05, 0) is 48.4 Å². The highest BCUT2D eigenvalue weighted by Gasteiger charge is 2.11. The van der Waals surface area contributed by atoms with Crippen LogP contribution in [0.15, 0.2) is 48.5 Å². The summed E-state index contributed by atoms with van der Waals surface area (Å²) in [7, 11) is 0. The van der Waals surface area contributed by atoms with Crippen molar-refractivity contribution in [2.24, 2.45) is 5.73 Å². The second-order valence-electron chi connectivity index (χ2n) is 5.06. The SMILES string of the molecule is Cc1ccc2cc(C(N)c3ccc(Cl)c(Cl)c3)ccc2n1. The molecular formula is C17H14Cl2N2. The molecule has 106 valence electrons. The molecule has 0 bridgehead atoms. The summed E-state index contributed by atoms with van der Waals surface area (Å²) >= 11 is 12.0. The van der Waals surface area contributed by atoms with Gasteiger partial charge < -0.3 is 5.73 Å². The van der Waals surface area contributed by atoms with Crippen LogP contribution in [0.3, 0.4) is 0 Å². The Bertz CT molecular complexity index is 815. The van der Waals surface area contributed by atoms with Crippen LogP contribution in [0.4, 0.5) is 0 Å². The Morgan fingerprint density at radius 3 is 2.38 bits per heavy atom. The number of aryl methyl sites for hydroxylation is 1. The quantitative estimate of drug-likeness (QED) is 0.730. The lowest BCUT2D eigenvalue weighted by Gasteiger charge is -2.14. The smallest absolute Gasteiger partial charge is 0.0705 e. The lowest BCUT2D eigenvalue weighted by Crippen LogP contribution is -2.11. The van der Waals surface area contributed by atoms with Crippen molar-refractivity contribution >= 4 is 34.1 Å². The van der Waals surface area contributed by atoms with Gasteiger partial charge in [-0.3, -0.25) is 4.98 Å². The number of benzene rings is 2. The molecule has 0 saturated heterocycles. The summed E-state index contributed by atoms with van der Waals surface area (Å²) in [6.45, 7) is 1.98. The van der Waals surface area contributed by atoms with E-state index in [-0.39, 0.29) is 6.04 Å². The number of nitrogens with zero attached hydrogens (tertiary/aromatic N) is 1. The topological polar surface area (TPSA) is 38.9 Å². The fraction of sp³-hybridized carbons (Fsp3) is 0.118. The molecule has 1 unspecified atom stereocenters. The van der Waals surface area contributed by atoms with E-state index in [1.807, 2.05) is 37.3 Å². The zero-order valence-corrected chi connectivity index (χ0v) is 13.0. The Labute approximate surface area is 133 Å². The molecule has 0 amide bonds. The highest BCUT2D eigenvalue weighted by atomic mass is 35.5. The maximum absolute atomic E-state index is 6.33. The van der Waals surface area contributed by atoms with Crippen molar-refractivity contribution in [3.8, 4) is 0 Å². The Morgan fingerprint density at radius 2 is 1.62 bits per heavy atom. The molecule has 3 rings (SSSR count). The van der Waals surface area contributed by atoms with Crippen molar-refractivity contribution in [2.75, 3.05) is 0 Å². The van der Waals surface area contributed by atoms with Gasteiger partial charge in [-0.15, -0.1) is 0 Å². The van der Waals surface area contributed by atoms with Gasteiger partial charge in [-0.2, -0.15) is 0 Å². The summed E-state index contributed by atoms with van der Waals surface area (Å²) in [4.78, 5) is 4.50. The van der Waals surface area contributed by atoms with E-state index in [1.54, 1.807) is 6.07 Å². The maximum Gasteiger partial charge on any atom is 0.0705 e. The first-order chi connectivity index (χ1) is 10.0. The molecule has 0 aliphatic carbocycles. The van der Waals surface area contributed by atoms with E-state index in [0.29, 0.717) is 10.0 Å². The monoisotopic (exact) mass is 316 g/mol. The van der Waals surface area contributed by atoms with E-state index in [9.17, 15) is 0 Å². The van der Waals surface area contributed by atoms with E-state index >= 15 is 0 Å².